The molecule has 0 spiro atoms. The highest BCUT2D eigenvalue weighted by Crippen LogP contribution is 2.30. The van der Waals surface area contributed by atoms with Crippen LogP contribution in [0.3, 0.4) is 0 Å². The standard InChI is InChI=1S/C22H27NO4/c1-4-22(21(25)26,17-10-6-5-7-11-17)15-23-20(24)14-16(2)18-12-8-9-13-19(18)27-3/h5-13,16H,4,14-15H2,1-3H3,(H,23,24)(H,25,26). The Morgan fingerprint density at radius 1 is 1.11 bits per heavy atom. The lowest BCUT2D eigenvalue weighted by Crippen LogP contribution is -2.46. The predicted molar refractivity (Wildman–Crippen MR) is 105 cm³/mol. The number of nitrogens with one attached hydrogen (secondary N) is 1. The van der Waals surface area contributed by atoms with Crippen molar-refractivity contribution in [1.29, 1.82) is 0 Å². The summed E-state index contributed by atoms with van der Waals surface area (Å²) in [4.78, 5) is 24.5. The third-order valence-corrected chi connectivity index (χ3v) is 5.09. The minimum absolute atomic E-state index is 0.0428. The molecule has 2 unspecified atom stereocenters. The fourth-order valence-corrected chi connectivity index (χ4v) is 3.32. The molecule has 0 radical (unpaired) electrons. The number of aliphatic carboxylic acids is 1. The Bertz CT molecular complexity index is 775. The zero-order valence-corrected chi connectivity index (χ0v) is 16.1. The third kappa shape index (κ3) is 4.67. The zero-order valence-electron chi connectivity index (χ0n) is 16.1. The van der Waals surface area contributed by atoms with Crippen LogP contribution in [0.4, 0.5) is 0 Å². The van der Waals surface area contributed by atoms with Crippen molar-refractivity contribution in [2.75, 3.05) is 13.7 Å². The van der Waals surface area contributed by atoms with Gasteiger partial charge in [0, 0.05) is 13.0 Å². The largest absolute Gasteiger partial charge is 0.496 e. The van der Waals surface area contributed by atoms with E-state index in [9.17, 15) is 14.7 Å². The molecule has 0 aromatic heterocycles. The lowest BCUT2D eigenvalue weighted by molar-refractivity contribution is -0.144. The average Bonchev–Trinajstić information content (AvgIpc) is 2.69. The highest BCUT2D eigenvalue weighted by atomic mass is 16.5. The molecule has 144 valence electrons. The Labute approximate surface area is 160 Å². The maximum Gasteiger partial charge on any atom is 0.315 e. The number of carboxylic acids is 1. The highest BCUT2D eigenvalue weighted by Gasteiger charge is 2.39. The summed E-state index contributed by atoms with van der Waals surface area (Å²) in [5.41, 5.74) is 0.515. The summed E-state index contributed by atoms with van der Waals surface area (Å²) in [6.07, 6.45) is 0.642. The van der Waals surface area contributed by atoms with Crippen molar-refractivity contribution in [2.24, 2.45) is 0 Å². The van der Waals surface area contributed by atoms with Crippen LogP contribution >= 0.6 is 0 Å². The van der Waals surface area contributed by atoms with E-state index < -0.39 is 11.4 Å². The second-order valence-corrected chi connectivity index (χ2v) is 6.73. The van der Waals surface area contributed by atoms with E-state index in [4.69, 9.17) is 4.74 Å². The lowest BCUT2D eigenvalue weighted by Gasteiger charge is -2.29. The summed E-state index contributed by atoms with van der Waals surface area (Å²) in [5.74, 6) is -0.410. The molecule has 0 fully saturated rings. The summed E-state index contributed by atoms with van der Waals surface area (Å²) in [6.45, 7) is 3.84. The Kier molecular flexibility index (Phi) is 6.99. The normalized spacial score (nSPS) is 14.0. The van der Waals surface area contributed by atoms with Crippen molar-refractivity contribution < 1.29 is 19.4 Å². The van der Waals surface area contributed by atoms with Gasteiger partial charge >= 0.3 is 5.97 Å². The molecule has 0 saturated heterocycles. The van der Waals surface area contributed by atoms with Crippen molar-refractivity contribution >= 4 is 11.9 Å². The van der Waals surface area contributed by atoms with Crippen LogP contribution in [0.1, 0.15) is 43.7 Å². The van der Waals surface area contributed by atoms with Crippen LogP contribution in [0.5, 0.6) is 5.75 Å². The maximum atomic E-state index is 12.5. The van der Waals surface area contributed by atoms with Crippen LogP contribution in [0.15, 0.2) is 54.6 Å². The number of amides is 1. The van der Waals surface area contributed by atoms with Crippen LogP contribution < -0.4 is 10.1 Å². The Morgan fingerprint density at radius 3 is 2.33 bits per heavy atom. The summed E-state index contributed by atoms with van der Waals surface area (Å²) >= 11 is 0. The Hall–Kier alpha value is -2.82. The first kappa shape index (κ1) is 20.5. The molecule has 1 amide bonds. The molecular weight excluding hydrogens is 342 g/mol. The van der Waals surface area contributed by atoms with E-state index in [1.165, 1.54) is 0 Å². The second-order valence-electron chi connectivity index (χ2n) is 6.73. The molecule has 0 saturated carbocycles. The first-order valence-corrected chi connectivity index (χ1v) is 9.13. The molecule has 0 aliphatic carbocycles. The number of benzene rings is 2. The first-order valence-electron chi connectivity index (χ1n) is 9.13. The molecule has 5 nitrogen and oxygen atoms in total. The quantitative estimate of drug-likeness (QED) is 0.706. The number of hydrogen-bond donors (Lipinski definition) is 2. The smallest absolute Gasteiger partial charge is 0.315 e. The van der Waals surface area contributed by atoms with Crippen molar-refractivity contribution in [3.63, 3.8) is 0 Å². The number of para-hydroxylation sites is 1. The Balaban J connectivity index is 2.09. The van der Waals surface area contributed by atoms with E-state index in [-0.39, 0.29) is 24.8 Å². The molecule has 2 N–H and O–H groups in total. The molecule has 2 atom stereocenters. The van der Waals surface area contributed by atoms with Crippen LogP contribution in [0.25, 0.3) is 0 Å². The lowest BCUT2D eigenvalue weighted by atomic mass is 9.78. The fourth-order valence-electron chi connectivity index (χ4n) is 3.32. The van der Waals surface area contributed by atoms with Gasteiger partial charge < -0.3 is 15.2 Å². The van der Waals surface area contributed by atoms with Gasteiger partial charge in [0.05, 0.1) is 7.11 Å². The first-order chi connectivity index (χ1) is 12.9. The molecule has 2 rings (SSSR count). The van der Waals surface area contributed by atoms with Gasteiger partial charge in [-0.25, -0.2) is 0 Å². The van der Waals surface area contributed by atoms with Crippen molar-refractivity contribution in [2.45, 2.75) is 38.0 Å². The van der Waals surface area contributed by atoms with E-state index in [1.807, 2.05) is 56.3 Å². The van der Waals surface area contributed by atoms with E-state index in [0.29, 0.717) is 12.0 Å². The number of ether oxygens (including phenoxy) is 1. The summed E-state index contributed by atoms with van der Waals surface area (Å²) in [6, 6.07) is 16.7. The predicted octanol–water partition coefficient (Wildman–Crippen LogP) is 3.74. The molecule has 5 heteroatoms. The van der Waals surface area contributed by atoms with E-state index >= 15 is 0 Å². The number of carboxylic acid groups (broad SMARTS) is 1. The van der Waals surface area contributed by atoms with Gasteiger partial charge in [-0.05, 0) is 29.5 Å². The van der Waals surface area contributed by atoms with Crippen molar-refractivity contribution in [3.8, 4) is 5.75 Å². The molecule has 2 aromatic rings. The van der Waals surface area contributed by atoms with E-state index in [2.05, 4.69) is 5.32 Å². The molecule has 0 heterocycles. The minimum Gasteiger partial charge on any atom is -0.496 e. The molecule has 0 aliphatic heterocycles. The monoisotopic (exact) mass is 369 g/mol. The molecule has 2 aromatic carbocycles. The second kappa shape index (κ2) is 9.21. The average molecular weight is 369 g/mol. The fraction of sp³-hybridized carbons (Fsp3) is 0.364. The number of carbonyl (C=O) groups is 2. The maximum absolute atomic E-state index is 12.5. The van der Waals surface area contributed by atoms with Gasteiger partial charge in [0.1, 0.15) is 11.2 Å². The van der Waals surface area contributed by atoms with Gasteiger partial charge in [-0.2, -0.15) is 0 Å². The third-order valence-electron chi connectivity index (χ3n) is 5.09. The zero-order chi connectivity index (χ0) is 19.9. The Morgan fingerprint density at radius 2 is 1.74 bits per heavy atom. The summed E-state index contributed by atoms with van der Waals surface area (Å²) in [7, 11) is 1.61. The minimum atomic E-state index is -1.13. The molecule has 27 heavy (non-hydrogen) atoms. The molecule has 0 aliphatic rings. The number of methoxy groups -OCH3 is 1. The molecular formula is C22H27NO4. The molecule has 0 bridgehead atoms. The van der Waals surface area contributed by atoms with Gasteiger partial charge in [0.15, 0.2) is 0 Å². The topological polar surface area (TPSA) is 75.6 Å². The van der Waals surface area contributed by atoms with Crippen LogP contribution in [0.2, 0.25) is 0 Å². The van der Waals surface area contributed by atoms with Gasteiger partial charge in [-0.3, -0.25) is 9.59 Å². The van der Waals surface area contributed by atoms with Crippen molar-refractivity contribution in [3.05, 3.63) is 65.7 Å². The van der Waals surface area contributed by atoms with Gasteiger partial charge in [0.2, 0.25) is 5.91 Å². The highest BCUT2D eigenvalue weighted by molar-refractivity contribution is 5.84. The van der Waals surface area contributed by atoms with E-state index in [0.717, 1.165) is 11.3 Å². The number of hydrogen-bond acceptors (Lipinski definition) is 3. The number of carbonyl (C=O) groups excluding carboxylic acids is 1. The van der Waals surface area contributed by atoms with Gasteiger partial charge in [-0.15, -0.1) is 0 Å². The van der Waals surface area contributed by atoms with E-state index in [1.54, 1.807) is 19.2 Å². The van der Waals surface area contributed by atoms with Crippen LogP contribution in [0, 0.1) is 0 Å². The van der Waals surface area contributed by atoms with Crippen LogP contribution in [-0.4, -0.2) is 30.6 Å². The SMILES string of the molecule is CCC(CNC(=O)CC(C)c1ccccc1OC)(C(=O)O)c1ccccc1. The van der Waals surface area contributed by atoms with Gasteiger partial charge in [-0.1, -0.05) is 62.4 Å². The summed E-state index contributed by atoms with van der Waals surface area (Å²) in [5, 5.41) is 12.7. The number of rotatable bonds is 9. The van der Waals surface area contributed by atoms with Crippen molar-refractivity contribution in [1.82, 2.24) is 5.32 Å². The van der Waals surface area contributed by atoms with Gasteiger partial charge in [0.25, 0.3) is 0 Å². The van der Waals surface area contributed by atoms with Crippen LogP contribution in [-0.2, 0) is 15.0 Å². The summed E-state index contributed by atoms with van der Waals surface area (Å²) < 4.78 is 5.36.